The molecule has 5 nitrogen and oxygen atoms in total. The molecular weight excluding hydrogens is 345 g/mol. The normalized spacial score (nSPS) is 23.9. The number of carbonyl (C=O) groups excluding carboxylic acids is 2. The Hall–Kier alpha value is -1.95. The Morgan fingerprint density at radius 3 is 2.70 bits per heavy atom. The van der Waals surface area contributed by atoms with Gasteiger partial charge in [-0.15, -0.1) is 0 Å². The number of likely N-dealkylation sites (N-methyl/N-ethyl adjacent to an activating group) is 1. The molecule has 0 bridgehead atoms. The first-order chi connectivity index (χ1) is 13.1. The maximum atomic E-state index is 13.4. The first-order valence-corrected chi connectivity index (χ1v) is 10.2. The van der Waals surface area contributed by atoms with Crippen LogP contribution in [-0.2, 0) is 6.54 Å². The molecule has 2 saturated heterocycles. The van der Waals surface area contributed by atoms with Crippen LogP contribution in [0.25, 0.3) is 0 Å². The van der Waals surface area contributed by atoms with E-state index in [2.05, 4.69) is 11.8 Å². The van der Waals surface area contributed by atoms with Crippen molar-refractivity contribution in [2.24, 2.45) is 0 Å². The first-order valence-electron chi connectivity index (χ1n) is 10.2. The Morgan fingerprint density at radius 1 is 1.19 bits per heavy atom. The van der Waals surface area contributed by atoms with E-state index < -0.39 is 6.17 Å². The number of rotatable bonds is 4. The van der Waals surface area contributed by atoms with E-state index in [0.29, 0.717) is 49.6 Å². The topological polar surface area (TPSA) is 43.9 Å². The lowest BCUT2D eigenvalue weighted by molar-refractivity contribution is 0.0661. The van der Waals surface area contributed by atoms with Crippen LogP contribution >= 0.6 is 0 Å². The van der Waals surface area contributed by atoms with Crippen LogP contribution in [0.5, 0.6) is 0 Å². The fourth-order valence-corrected chi connectivity index (χ4v) is 4.73. The lowest BCUT2D eigenvalue weighted by Crippen LogP contribution is -2.40. The summed E-state index contributed by atoms with van der Waals surface area (Å²) < 4.78 is 13.4. The van der Waals surface area contributed by atoms with Crippen molar-refractivity contribution in [1.29, 1.82) is 0 Å². The molecule has 4 rings (SSSR count). The third-order valence-corrected chi connectivity index (χ3v) is 6.32. The minimum absolute atomic E-state index is 0.0325. The van der Waals surface area contributed by atoms with E-state index >= 15 is 0 Å². The lowest BCUT2D eigenvalue weighted by Gasteiger charge is -2.29. The molecule has 0 N–H and O–H groups in total. The third-order valence-electron chi connectivity index (χ3n) is 6.32. The maximum Gasteiger partial charge on any atom is 0.254 e. The lowest BCUT2D eigenvalue weighted by atomic mass is 10.0. The highest BCUT2D eigenvalue weighted by Crippen LogP contribution is 2.29. The van der Waals surface area contributed by atoms with Crippen LogP contribution in [0, 0.1) is 0 Å². The fourth-order valence-electron chi connectivity index (χ4n) is 4.73. The van der Waals surface area contributed by atoms with Gasteiger partial charge in [0, 0.05) is 43.3 Å². The van der Waals surface area contributed by atoms with Crippen molar-refractivity contribution in [2.45, 2.75) is 51.4 Å². The van der Waals surface area contributed by atoms with Crippen molar-refractivity contribution in [3.63, 3.8) is 0 Å². The number of benzene rings is 1. The second-order valence-corrected chi connectivity index (χ2v) is 7.91. The Labute approximate surface area is 160 Å². The molecule has 3 aliphatic rings. The van der Waals surface area contributed by atoms with Crippen LogP contribution in [0.2, 0.25) is 0 Å². The summed E-state index contributed by atoms with van der Waals surface area (Å²) in [4.78, 5) is 32.0. The Morgan fingerprint density at radius 2 is 1.96 bits per heavy atom. The summed E-state index contributed by atoms with van der Waals surface area (Å²) in [7, 11) is 0. The Kier molecular flexibility index (Phi) is 5.17. The number of hydrogen-bond donors (Lipinski definition) is 0. The van der Waals surface area contributed by atoms with Gasteiger partial charge >= 0.3 is 0 Å². The summed E-state index contributed by atoms with van der Waals surface area (Å²) in [5.74, 6) is -0.0329. The molecule has 1 atom stereocenters. The molecule has 0 saturated carbocycles. The molecule has 0 unspecified atom stereocenters. The summed E-state index contributed by atoms with van der Waals surface area (Å²) >= 11 is 0. The van der Waals surface area contributed by atoms with Gasteiger partial charge in [-0.3, -0.25) is 14.5 Å². The molecular formula is C21H28FN3O2. The zero-order chi connectivity index (χ0) is 19.0. The summed E-state index contributed by atoms with van der Waals surface area (Å²) in [6, 6.07) is 5.85. The smallest absolute Gasteiger partial charge is 0.254 e. The zero-order valence-corrected chi connectivity index (χ0v) is 16.0. The van der Waals surface area contributed by atoms with Crippen molar-refractivity contribution in [1.82, 2.24) is 14.7 Å². The fraction of sp³-hybridized carbons (Fsp3) is 0.619. The van der Waals surface area contributed by atoms with Gasteiger partial charge in [0.2, 0.25) is 0 Å². The van der Waals surface area contributed by atoms with Crippen LogP contribution in [-0.4, -0.2) is 71.5 Å². The molecule has 0 aromatic heterocycles. The van der Waals surface area contributed by atoms with Crippen LogP contribution in [0.15, 0.2) is 18.2 Å². The number of halogens is 1. The van der Waals surface area contributed by atoms with E-state index in [1.54, 1.807) is 11.0 Å². The summed E-state index contributed by atoms with van der Waals surface area (Å²) in [5.41, 5.74) is 2.11. The second-order valence-electron chi connectivity index (χ2n) is 7.91. The largest absolute Gasteiger partial charge is 0.338 e. The zero-order valence-electron chi connectivity index (χ0n) is 16.0. The molecule has 3 aliphatic heterocycles. The number of alkyl halides is 1. The average molecular weight is 373 g/mol. The number of fused-ring (bicyclic) bond motifs is 1. The molecule has 2 fully saturated rings. The van der Waals surface area contributed by atoms with Gasteiger partial charge in [0.05, 0.1) is 0 Å². The van der Waals surface area contributed by atoms with E-state index in [-0.39, 0.29) is 11.8 Å². The van der Waals surface area contributed by atoms with Crippen molar-refractivity contribution in [3.05, 3.63) is 34.9 Å². The third kappa shape index (κ3) is 3.47. The van der Waals surface area contributed by atoms with Gasteiger partial charge in [0.25, 0.3) is 11.8 Å². The van der Waals surface area contributed by atoms with Gasteiger partial charge in [-0.25, -0.2) is 4.39 Å². The minimum atomic E-state index is -0.805. The van der Waals surface area contributed by atoms with E-state index in [4.69, 9.17) is 0 Å². The van der Waals surface area contributed by atoms with E-state index in [0.717, 1.165) is 31.6 Å². The van der Waals surface area contributed by atoms with Gasteiger partial charge < -0.3 is 9.80 Å². The van der Waals surface area contributed by atoms with Crippen molar-refractivity contribution >= 4 is 11.8 Å². The van der Waals surface area contributed by atoms with Crippen molar-refractivity contribution in [3.8, 4) is 0 Å². The first kappa shape index (κ1) is 18.4. The SMILES string of the molecule is CCN1CCC[C@@H]1CN1Cc2c(C(=O)N3CCC(F)CC3)cccc2C1=O. The number of amides is 2. The summed E-state index contributed by atoms with van der Waals surface area (Å²) in [6.07, 6.45) is 2.31. The number of hydrogen-bond acceptors (Lipinski definition) is 3. The number of nitrogens with zero attached hydrogens (tertiary/aromatic N) is 3. The summed E-state index contributed by atoms with van der Waals surface area (Å²) in [6.45, 7) is 6.41. The minimum Gasteiger partial charge on any atom is -0.338 e. The molecule has 0 spiro atoms. The predicted molar refractivity (Wildman–Crippen MR) is 101 cm³/mol. The van der Waals surface area contributed by atoms with Crippen LogP contribution < -0.4 is 0 Å². The molecule has 1 aromatic carbocycles. The van der Waals surface area contributed by atoms with Gasteiger partial charge in [-0.1, -0.05) is 13.0 Å². The molecule has 1 aromatic rings. The average Bonchev–Trinajstić information content (AvgIpc) is 3.26. The monoisotopic (exact) mass is 373 g/mol. The van der Waals surface area contributed by atoms with E-state index in [1.165, 1.54) is 6.42 Å². The molecule has 0 radical (unpaired) electrons. The molecule has 0 aliphatic carbocycles. The van der Waals surface area contributed by atoms with Crippen LogP contribution in [0.4, 0.5) is 4.39 Å². The Bertz CT molecular complexity index is 730. The molecule has 2 amide bonds. The highest BCUT2D eigenvalue weighted by atomic mass is 19.1. The van der Waals surface area contributed by atoms with E-state index in [1.807, 2.05) is 17.0 Å². The quantitative estimate of drug-likeness (QED) is 0.815. The number of carbonyl (C=O) groups is 2. The Balaban J connectivity index is 1.51. The predicted octanol–water partition coefficient (Wildman–Crippen LogP) is 2.70. The molecule has 27 heavy (non-hydrogen) atoms. The standard InChI is InChI=1S/C21H28FN3O2/c1-2-23-10-4-5-16(23)13-25-14-19-17(6-3-7-18(19)21(25)27)20(26)24-11-8-15(22)9-12-24/h3,6-7,15-16H,2,4-5,8-14H2,1H3/t16-/m1/s1. The summed E-state index contributed by atoms with van der Waals surface area (Å²) in [5, 5.41) is 0. The van der Waals surface area contributed by atoms with Crippen LogP contribution in [0.1, 0.15) is 58.9 Å². The number of piperidine rings is 1. The van der Waals surface area contributed by atoms with Gasteiger partial charge in [0.15, 0.2) is 0 Å². The maximum absolute atomic E-state index is 13.4. The number of likely N-dealkylation sites (tertiary alicyclic amines) is 2. The highest BCUT2D eigenvalue weighted by molar-refractivity contribution is 6.04. The molecule has 6 heteroatoms. The van der Waals surface area contributed by atoms with Gasteiger partial charge in [-0.2, -0.15) is 0 Å². The second kappa shape index (κ2) is 7.58. The van der Waals surface area contributed by atoms with E-state index in [9.17, 15) is 14.0 Å². The molecule has 146 valence electrons. The molecule has 3 heterocycles. The van der Waals surface area contributed by atoms with Gasteiger partial charge in [0.1, 0.15) is 6.17 Å². The highest BCUT2D eigenvalue weighted by Gasteiger charge is 2.35. The van der Waals surface area contributed by atoms with Gasteiger partial charge in [-0.05, 0) is 56.5 Å². The van der Waals surface area contributed by atoms with Crippen LogP contribution in [0.3, 0.4) is 0 Å². The van der Waals surface area contributed by atoms with Crippen molar-refractivity contribution in [2.75, 3.05) is 32.7 Å². The van der Waals surface area contributed by atoms with Crippen molar-refractivity contribution < 1.29 is 14.0 Å².